The number of rotatable bonds is 8. The van der Waals surface area contributed by atoms with Crippen molar-refractivity contribution in [2.45, 2.75) is 35.2 Å². The van der Waals surface area contributed by atoms with Crippen molar-refractivity contribution in [3.63, 3.8) is 0 Å². The zero-order valence-corrected chi connectivity index (χ0v) is 19.2. The molecule has 2 unspecified atom stereocenters. The summed E-state index contributed by atoms with van der Waals surface area (Å²) in [7, 11) is 1.41. The highest BCUT2D eigenvalue weighted by atomic mass is 35.5. The zero-order chi connectivity index (χ0) is 22.7. The van der Waals surface area contributed by atoms with E-state index in [0.29, 0.717) is 11.4 Å². The molecule has 0 aromatic heterocycles. The highest BCUT2D eigenvalue weighted by Gasteiger charge is 2.33. The fraction of sp³-hybridized carbons (Fsp3) is 0.240. The van der Waals surface area contributed by atoms with Crippen LogP contribution in [-0.2, 0) is 33.5 Å². The number of aryl methyl sites for hydroxylation is 1. The van der Waals surface area contributed by atoms with Crippen molar-refractivity contribution in [1.29, 1.82) is 0 Å². The van der Waals surface area contributed by atoms with Crippen molar-refractivity contribution >= 4 is 40.1 Å². The maximum atomic E-state index is 13.0. The van der Waals surface area contributed by atoms with Crippen LogP contribution in [0.1, 0.15) is 17.5 Å². The number of para-hydroxylation sites is 1. The first-order valence-corrected chi connectivity index (χ1v) is 11.9. The number of aliphatic carboxylic acids is 1. The van der Waals surface area contributed by atoms with Crippen molar-refractivity contribution in [1.82, 2.24) is 0 Å². The molecule has 1 N–H and O–H groups in total. The Bertz CT molecular complexity index is 1110. The maximum Gasteiger partial charge on any atom is 0.333 e. The molecule has 0 bridgehead atoms. The van der Waals surface area contributed by atoms with Gasteiger partial charge in [0.15, 0.2) is 15.9 Å². The molecule has 1 aliphatic heterocycles. The van der Waals surface area contributed by atoms with Crippen LogP contribution in [0.15, 0.2) is 76.5 Å². The Morgan fingerprint density at radius 2 is 1.75 bits per heavy atom. The molecular formula is C25H24ClNO4S. The van der Waals surface area contributed by atoms with Gasteiger partial charge in [-0.25, -0.2) is 4.79 Å². The summed E-state index contributed by atoms with van der Waals surface area (Å²) >= 11 is 5.03. The van der Waals surface area contributed by atoms with Crippen LogP contribution < -0.4 is 4.90 Å². The lowest BCUT2D eigenvalue weighted by molar-refractivity contribution is -0.148. The number of carboxylic acids is 1. The number of hydrogen-bond acceptors (Lipinski definition) is 4. The Morgan fingerprint density at radius 1 is 1.06 bits per heavy atom. The molecule has 4 rings (SSSR count). The molecule has 166 valence electrons. The van der Waals surface area contributed by atoms with E-state index in [1.165, 1.54) is 12.7 Å². The molecule has 0 saturated heterocycles. The van der Waals surface area contributed by atoms with Crippen molar-refractivity contribution in [2.75, 3.05) is 18.6 Å². The van der Waals surface area contributed by atoms with E-state index in [9.17, 15) is 9.35 Å². The number of ether oxygens (including phenoxy) is 1. The Morgan fingerprint density at radius 3 is 2.47 bits per heavy atom. The first kappa shape index (κ1) is 22.7. The van der Waals surface area contributed by atoms with Gasteiger partial charge in [-0.15, -0.1) is 0 Å². The van der Waals surface area contributed by atoms with E-state index in [1.54, 1.807) is 6.07 Å². The summed E-state index contributed by atoms with van der Waals surface area (Å²) in [5.74, 6) is -0.959. The van der Waals surface area contributed by atoms with Gasteiger partial charge in [0.05, 0.1) is 11.4 Å². The van der Waals surface area contributed by atoms with E-state index in [4.69, 9.17) is 21.4 Å². The second-order valence-electron chi connectivity index (χ2n) is 7.69. The number of methoxy groups -OCH3 is 1. The summed E-state index contributed by atoms with van der Waals surface area (Å²) in [5.41, 5.74) is 3.96. The Hall–Kier alpha value is -2.51. The molecule has 32 heavy (non-hydrogen) atoms. The van der Waals surface area contributed by atoms with Gasteiger partial charge in [-0.05, 0) is 54.3 Å². The van der Waals surface area contributed by atoms with Crippen molar-refractivity contribution < 1.29 is 19.2 Å². The van der Waals surface area contributed by atoms with Gasteiger partial charge in [-0.2, -0.15) is 0 Å². The minimum absolute atomic E-state index is 0.339. The van der Waals surface area contributed by atoms with Gasteiger partial charge in [0.2, 0.25) is 0 Å². The Balaban J connectivity index is 1.46. The maximum absolute atomic E-state index is 13.0. The lowest BCUT2D eigenvalue weighted by Crippen LogP contribution is -2.27. The number of hydrogen-bond donors (Lipinski definition) is 1. The number of carbonyl (C=O) groups is 1. The van der Waals surface area contributed by atoms with Crippen molar-refractivity contribution in [2.24, 2.45) is 0 Å². The minimum atomic E-state index is -1.22. The van der Waals surface area contributed by atoms with Gasteiger partial charge in [-0.3, -0.25) is 0 Å². The van der Waals surface area contributed by atoms with E-state index in [0.717, 1.165) is 46.1 Å². The number of carboxylic acid groups (broad SMARTS) is 1. The predicted octanol–water partition coefficient (Wildman–Crippen LogP) is 5.23. The molecule has 5 nitrogen and oxygen atoms in total. The second-order valence-corrected chi connectivity index (χ2v) is 9.54. The third-order valence-electron chi connectivity index (χ3n) is 5.62. The summed E-state index contributed by atoms with van der Waals surface area (Å²) in [4.78, 5) is 14.9. The highest BCUT2D eigenvalue weighted by molar-refractivity contribution is 7.92. The SMILES string of the molecule is COC(Cc1ccc(CCCN2c3ccccc3[S+]([O-])c3ccc(Cl)cc32)cc1)C(=O)O. The molecule has 3 aromatic carbocycles. The largest absolute Gasteiger partial charge is 0.606 e. The number of fused-ring (bicyclic) bond motifs is 2. The van der Waals surface area contributed by atoms with Gasteiger partial charge in [-0.1, -0.05) is 48.0 Å². The average Bonchev–Trinajstić information content (AvgIpc) is 2.80. The van der Waals surface area contributed by atoms with E-state index in [-0.39, 0.29) is 0 Å². The highest BCUT2D eigenvalue weighted by Crippen LogP contribution is 2.44. The summed E-state index contributed by atoms with van der Waals surface area (Å²) < 4.78 is 18.0. The average molecular weight is 470 g/mol. The van der Waals surface area contributed by atoms with Crippen LogP contribution in [0.25, 0.3) is 0 Å². The molecule has 0 spiro atoms. The van der Waals surface area contributed by atoms with Crippen LogP contribution >= 0.6 is 11.6 Å². The fourth-order valence-corrected chi connectivity index (χ4v) is 5.48. The molecule has 0 fully saturated rings. The molecule has 0 saturated carbocycles. The van der Waals surface area contributed by atoms with E-state index < -0.39 is 23.2 Å². The van der Waals surface area contributed by atoms with Crippen LogP contribution in [-0.4, -0.2) is 35.4 Å². The lowest BCUT2D eigenvalue weighted by Gasteiger charge is -2.33. The van der Waals surface area contributed by atoms with Crippen LogP contribution in [0.2, 0.25) is 5.02 Å². The molecule has 2 atom stereocenters. The van der Waals surface area contributed by atoms with E-state index in [1.807, 2.05) is 60.7 Å². The molecule has 0 radical (unpaired) electrons. The summed E-state index contributed by atoms with van der Waals surface area (Å²) in [6, 6.07) is 21.3. The zero-order valence-electron chi connectivity index (χ0n) is 17.7. The second kappa shape index (κ2) is 9.96. The molecular weight excluding hydrogens is 446 g/mol. The van der Waals surface area contributed by atoms with Gasteiger partial charge in [0.25, 0.3) is 0 Å². The first-order chi connectivity index (χ1) is 15.5. The third-order valence-corrected chi connectivity index (χ3v) is 7.34. The van der Waals surface area contributed by atoms with E-state index in [2.05, 4.69) is 4.90 Å². The molecule has 0 amide bonds. The summed E-state index contributed by atoms with van der Waals surface area (Å²) in [6.45, 7) is 0.758. The molecule has 0 aliphatic carbocycles. The normalized spacial score (nSPS) is 15.7. The van der Waals surface area contributed by atoms with Crippen molar-refractivity contribution in [3.8, 4) is 0 Å². The van der Waals surface area contributed by atoms with Crippen LogP contribution in [0, 0.1) is 0 Å². The van der Waals surface area contributed by atoms with Crippen LogP contribution in [0.3, 0.4) is 0 Å². The summed E-state index contributed by atoms with van der Waals surface area (Å²) in [5, 5.41) is 9.77. The van der Waals surface area contributed by atoms with Crippen LogP contribution in [0.5, 0.6) is 0 Å². The fourth-order valence-electron chi connectivity index (χ4n) is 3.95. The summed E-state index contributed by atoms with van der Waals surface area (Å²) in [6.07, 6.45) is 1.26. The quantitative estimate of drug-likeness (QED) is 0.457. The van der Waals surface area contributed by atoms with Crippen molar-refractivity contribution in [3.05, 3.63) is 82.9 Å². The third kappa shape index (κ3) is 4.79. The number of halogens is 1. The number of benzene rings is 3. The minimum Gasteiger partial charge on any atom is -0.606 e. The smallest absolute Gasteiger partial charge is 0.333 e. The predicted molar refractivity (Wildman–Crippen MR) is 126 cm³/mol. The molecule has 3 aromatic rings. The monoisotopic (exact) mass is 469 g/mol. The number of nitrogens with zero attached hydrogens (tertiary/aromatic N) is 1. The van der Waals surface area contributed by atoms with E-state index >= 15 is 0 Å². The lowest BCUT2D eigenvalue weighted by atomic mass is 10.0. The van der Waals surface area contributed by atoms with Crippen LogP contribution in [0.4, 0.5) is 11.4 Å². The Kier molecular flexibility index (Phi) is 7.06. The number of anilines is 2. The Labute approximate surface area is 195 Å². The van der Waals surface area contributed by atoms with Gasteiger partial charge in [0, 0.05) is 36.3 Å². The van der Waals surface area contributed by atoms with Gasteiger partial charge < -0.3 is 19.3 Å². The molecule has 7 heteroatoms. The van der Waals surface area contributed by atoms with Gasteiger partial charge >= 0.3 is 5.97 Å². The van der Waals surface area contributed by atoms with Gasteiger partial charge in [0.1, 0.15) is 0 Å². The topological polar surface area (TPSA) is 72.8 Å². The standard InChI is InChI=1S/C25H24ClNO4S/c1-31-22(25(28)29)15-18-10-8-17(9-11-18)5-4-14-27-20-6-2-3-7-23(20)32(30)24-13-12-19(26)16-21(24)27/h2-3,6-13,16,22H,4-5,14-15H2,1H3,(H,28,29). The first-order valence-electron chi connectivity index (χ1n) is 10.4. The molecule has 1 heterocycles. The molecule has 1 aliphatic rings.